The van der Waals surface area contributed by atoms with Gasteiger partial charge in [-0.05, 0) is 5.56 Å². The minimum atomic E-state index is -0.508. The Balaban J connectivity index is 1.72. The van der Waals surface area contributed by atoms with Crippen LogP contribution in [0.3, 0.4) is 0 Å². The fourth-order valence-electron chi connectivity index (χ4n) is 2.42. The molecular weight excluding hydrogens is 268 g/mol. The lowest BCUT2D eigenvalue weighted by Gasteiger charge is -2.24. The summed E-state index contributed by atoms with van der Waals surface area (Å²) in [5, 5.41) is 8.20. The summed E-state index contributed by atoms with van der Waals surface area (Å²) < 4.78 is 6.72. The molecule has 2 aromatic rings. The van der Waals surface area contributed by atoms with Crippen LogP contribution in [-0.2, 0) is 22.4 Å². The zero-order valence-corrected chi connectivity index (χ0v) is 11.7. The van der Waals surface area contributed by atoms with Gasteiger partial charge >= 0.3 is 0 Å². The first-order chi connectivity index (χ1) is 10.2. The Kier molecular flexibility index (Phi) is 3.96. The number of carbonyl (C=O) groups is 1. The van der Waals surface area contributed by atoms with Crippen molar-refractivity contribution in [1.82, 2.24) is 15.0 Å². The molecule has 0 spiro atoms. The highest BCUT2D eigenvalue weighted by Crippen LogP contribution is 2.17. The average Bonchev–Trinajstić information content (AvgIpc) is 2.89. The van der Waals surface area contributed by atoms with Gasteiger partial charge in [-0.1, -0.05) is 35.5 Å². The minimum Gasteiger partial charge on any atom is -0.381 e. The standard InChI is InChI=1S/C15H18N4O2/c16-15(20)14(7-11-4-2-1-3-5-11)19-8-13(17-18-19)6-12-9-21-10-12/h1-5,8,12,14H,6-7,9-10H2,(H2,16,20). The number of nitrogens with zero attached hydrogens (tertiary/aromatic N) is 3. The third kappa shape index (κ3) is 3.28. The van der Waals surface area contributed by atoms with E-state index in [9.17, 15) is 4.79 Å². The SMILES string of the molecule is NC(=O)C(Cc1ccccc1)n1cc(CC2COC2)nn1. The largest absolute Gasteiger partial charge is 0.381 e. The summed E-state index contributed by atoms with van der Waals surface area (Å²) in [7, 11) is 0. The number of hydrogen-bond acceptors (Lipinski definition) is 4. The van der Waals surface area contributed by atoms with Gasteiger partial charge in [-0.15, -0.1) is 5.10 Å². The molecule has 3 rings (SSSR count). The van der Waals surface area contributed by atoms with Gasteiger partial charge in [0.05, 0.1) is 18.9 Å². The zero-order valence-electron chi connectivity index (χ0n) is 11.7. The van der Waals surface area contributed by atoms with Crippen LogP contribution in [0.25, 0.3) is 0 Å². The van der Waals surface area contributed by atoms with Crippen molar-refractivity contribution in [2.24, 2.45) is 11.7 Å². The second kappa shape index (κ2) is 6.05. The number of ether oxygens (including phenoxy) is 1. The van der Waals surface area contributed by atoms with Gasteiger partial charge in [0.2, 0.25) is 5.91 Å². The van der Waals surface area contributed by atoms with E-state index in [2.05, 4.69) is 10.3 Å². The van der Waals surface area contributed by atoms with Gasteiger partial charge in [0.25, 0.3) is 0 Å². The first kappa shape index (κ1) is 13.8. The quantitative estimate of drug-likeness (QED) is 0.849. The van der Waals surface area contributed by atoms with Crippen molar-refractivity contribution < 1.29 is 9.53 Å². The van der Waals surface area contributed by atoms with E-state index in [1.165, 1.54) is 0 Å². The van der Waals surface area contributed by atoms with E-state index in [1.54, 1.807) is 4.68 Å². The van der Waals surface area contributed by atoms with Crippen LogP contribution in [0, 0.1) is 5.92 Å². The highest BCUT2D eigenvalue weighted by Gasteiger charge is 2.23. The molecule has 0 aliphatic carbocycles. The molecule has 1 saturated heterocycles. The van der Waals surface area contributed by atoms with Gasteiger partial charge in [-0.25, -0.2) is 4.68 Å². The van der Waals surface area contributed by atoms with Crippen LogP contribution < -0.4 is 5.73 Å². The van der Waals surface area contributed by atoms with Gasteiger partial charge in [-0.3, -0.25) is 4.79 Å². The predicted molar refractivity (Wildman–Crippen MR) is 76.4 cm³/mol. The molecular formula is C15H18N4O2. The fourth-order valence-corrected chi connectivity index (χ4v) is 2.42. The third-order valence-corrected chi connectivity index (χ3v) is 3.68. The molecule has 1 aromatic carbocycles. The van der Waals surface area contributed by atoms with E-state index in [4.69, 9.17) is 10.5 Å². The summed E-state index contributed by atoms with van der Waals surface area (Å²) in [5.41, 5.74) is 7.44. The molecule has 0 saturated carbocycles. The Morgan fingerprint density at radius 3 is 2.76 bits per heavy atom. The van der Waals surface area contributed by atoms with Crippen LogP contribution in [0.1, 0.15) is 17.3 Å². The van der Waals surface area contributed by atoms with E-state index in [0.29, 0.717) is 12.3 Å². The Hall–Kier alpha value is -2.21. The number of benzene rings is 1. The third-order valence-electron chi connectivity index (χ3n) is 3.68. The minimum absolute atomic E-state index is 0.401. The monoisotopic (exact) mass is 286 g/mol. The number of aromatic nitrogens is 3. The van der Waals surface area contributed by atoms with E-state index in [-0.39, 0.29) is 0 Å². The number of primary amides is 1. The highest BCUT2D eigenvalue weighted by atomic mass is 16.5. The van der Waals surface area contributed by atoms with Crippen molar-refractivity contribution >= 4 is 5.91 Å². The van der Waals surface area contributed by atoms with Crippen molar-refractivity contribution in [3.05, 3.63) is 47.8 Å². The van der Waals surface area contributed by atoms with Crippen molar-refractivity contribution in [3.63, 3.8) is 0 Å². The topological polar surface area (TPSA) is 83.0 Å². The molecule has 0 radical (unpaired) electrons. The molecule has 21 heavy (non-hydrogen) atoms. The average molecular weight is 286 g/mol. The maximum Gasteiger partial charge on any atom is 0.242 e. The molecule has 1 aliphatic heterocycles. The maximum atomic E-state index is 11.7. The van der Waals surface area contributed by atoms with Gasteiger partial charge in [0.1, 0.15) is 6.04 Å². The van der Waals surface area contributed by atoms with Crippen LogP contribution in [0.2, 0.25) is 0 Å². The first-order valence-corrected chi connectivity index (χ1v) is 7.04. The summed E-state index contributed by atoms with van der Waals surface area (Å²) >= 11 is 0. The number of hydrogen-bond donors (Lipinski definition) is 1. The van der Waals surface area contributed by atoms with Gasteiger partial charge < -0.3 is 10.5 Å². The molecule has 1 unspecified atom stereocenters. The lowest BCUT2D eigenvalue weighted by molar-refractivity contribution is -0.121. The fraction of sp³-hybridized carbons (Fsp3) is 0.400. The number of carbonyl (C=O) groups excluding carboxylic acids is 1. The van der Waals surface area contributed by atoms with Gasteiger partial charge in [0.15, 0.2) is 0 Å². The molecule has 2 N–H and O–H groups in total. The normalized spacial score (nSPS) is 16.4. The predicted octanol–water partition coefficient (Wildman–Crippen LogP) is 0.736. The summed E-state index contributed by atoms with van der Waals surface area (Å²) in [6, 6.07) is 9.26. The molecule has 1 aliphatic rings. The summed E-state index contributed by atoms with van der Waals surface area (Å²) in [4.78, 5) is 11.7. The Labute approximate surface area is 122 Å². The Bertz CT molecular complexity index is 607. The second-order valence-electron chi connectivity index (χ2n) is 5.41. The van der Waals surface area contributed by atoms with Crippen LogP contribution in [0.4, 0.5) is 0 Å². The number of amides is 1. The molecule has 1 amide bonds. The van der Waals surface area contributed by atoms with E-state index >= 15 is 0 Å². The van der Waals surface area contributed by atoms with Crippen LogP contribution in [0.15, 0.2) is 36.5 Å². The first-order valence-electron chi connectivity index (χ1n) is 7.04. The van der Waals surface area contributed by atoms with Crippen molar-refractivity contribution in [1.29, 1.82) is 0 Å². The molecule has 110 valence electrons. The molecule has 1 aromatic heterocycles. The van der Waals surface area contributed by atoms with E-state index in [1.807, 2.05) is 36.5 Å². The van der Waals surface area contributed by atoms with Crippen LogP contribution >= 0.6 is 0 Å². The second-order valence-corrected chi connectivity index (χ2v) is 5.41. The highest BCUT2D eigenvalue weighted by molar-refractivity contribution is 5.78. The number of nitrogens with two attached hydrogens (primary N) is 1. The summed E-state index contributed by atoms with van der Waals surface area (Å²) in [6.45, 7) is 1.55. The van der Waals surface area contributed by atoms with E-state index in [0.717, 1.165) is 30.9 Å². The zero-order chi connectivity index (χ0) is 14.7. The van der Waals surface area contributed by atoms with Crippen LogP contribution in [0.5, 0.6) is 0 Å². The van der Waals surface area contributed by atoms with Gasteiger partial charge in [-0.2, -0.15) is 0 Å². The van der Waals surface area contributed by atoms with Crippen molar-refractivity contribution in [2.75, 3.05) is 13.2 Å². The van der Waals surface area contributed by atoms with Crippen molar-refractivity contribution in [2.45, 2.75) is 18.9 Å². The summed E-state index contributed by atoms with van der Waals surface area (Å²) in [5.74, 6) is 0.110. The molecule has 0 bridgehead atoms. The Morgan fingerprint density at radius 1 is 1.38 bits per heavy atom. The lowest BCUT2D eigenvalue weighted by atomic mass is 10.0. The molecule has 6 nitrogen and oxygen atoms in total. The van der Waals surface area contributed by atoms with Gasteiger partial charge in [0, 0.05) is 25.0 Å². The smallest absolute Gasteiger partial charge is 0.242 e. The molecule has 6 heteroatoms. The van der Waals surface area contributed by atoms with E-state index < -0.39 is 11.9 Å². The lowest BCUT2D eigenvalue weighted by Crippen LogP contribution is -2.29. The number of rotatable bonds is 6. The Morgan fingerprint density at radius 2 is 2.14 bits per heavy atom. The molecule has 2 heterocycles. The molecule has 1 atom stereocenters. The van der Waals surface area contributed by atoms with Crippen molar-refractivity contribution in [3.8, 4) is 0 Å². The maximum absolute atomic E-state index is 11.7. The van der Waals surface area contributed by atoms with Crippen LogP contribution in [-0.4, -0.2) is 34.1 Å². The molecule has 1 fully saturated rings. The summed E-state index contributed by atoms with van der Waals surface area (Å²) in [6.07, 6.45) is 3.17.